The highest BCUT2D eigenvalue weighted by Gasteiger charge is 2.20. The number of carbonyl (C=O) groups excluding carboxylic acids is 1. The molecule has 4 heteroatoms. The van der Waals surface area contributed by atoms with Gasteiger partial charge >= 0.3 is 0 Å². The summed E-state index contributed by atoms with van der Waals surface area (Å²) in [6, 6.07) is 5.82. The summed E-state index contributed by atoms with van der Waals surface area (Å²) < 4.78 is 1.02. The van der Waals surface area contributed by atoms with Crippen molar-refractivity contribution in [3.8, 4) is 0 Å². The van der Waals surface area contributed by atoms with Gasteiger partial charge in [0.1, 0.15) is 6.29 Å². The van der Waals surface area contributed by atoms with Gasteiger partial charge in [0, 0.05) is 34.1 Å². The van der Waals surface area contributed by atoms with E-state index in [0.717, 1.165) is 34.7 Å². The molecule has 2 rings (SSSR count). The molecule has 0 N–H and O–H groups in total. The molecule has 1 fully saturated rings. The molecular weight excluding hydrogens is 298 g/mol. The van der Waals surface area contributed by atoms with Crippen LogP contribution in [0.2, 0.25) is 0 Å². The van der Waals surface area contributed by atoms with Crippen molar-refractivity contribution in [2.45, 2.75) is 18.6 Å². The van der Waals surface area contributed by atoms with E-state index in [9.17, 15) is 4.79 Å². The number of thioether (sulfide) groups is 1. The van der Waals surface area contributed by atoms with Crippen molar-refractivity contribution in [3.05, 3.63) is 28.2 Å². The highest BCUT2D eigenvalue weighted by molar-refractivity contribution is 9.10. The van der Waals surface area contributed by atoms with Crippen LogP contribution in [0.15, 0.2) is 22.7 Å². The summed E-state index contributed by atoms with van der Waals surface area (Å²) in [4.78, 5) is 13.1. The third-order valence-corrected chi connectivity index (χ3v) is 5.05. The first-order valence-electron chi connectivity index (χ1n) is 5.86. The van der Waals surface area contributed by atoms with Crippen molar-refractivity contribution in [1.82, 2.24) is 0 Å². The Balaban J connectivity index is 2.18. The van der Waals surface area contributed by atoms with Gasteiger partial charge in [0.05, 0.1) is 5.69 Å². The van der Waals surface area contributed by atoms with Gasteiger partial charge < -0.3 is 4.90 Å². The molecule has 1 aliphatic heterocycles. The van der Waals surface area contributed by atoms with Crippen molar-refractivity contribution in [1.29, 1.82) is 0 Å². The zero-order valence-corrected chi connectivity index (χ0v) is 12.3. The Labute approximate surface area is 115 Å². The SMILES string of the molecule is CCC1CN(c2ccc(C=O)cc2Br)CCS1. The van der Waals surface area contributed by atoms with E-state index in [-0.39, 0.29) is 0 Å². The van der Waals surface area contributed by atoms with E-state index in [1.165, 1.54) is 17.9 Å². The van der Waals surface area contributed by atoms with E-state index in [4.69, 9.17) is 0 Å². The first-order chi connectivity index (χ1) is 8.24. The molecule has 1 aliphatic rings. The Kier molecular flexibility index (Phi) is 4.51. The van der Waals surface area contributed by atoms with E-state index in [2.05, 4.69) is 39.5 Å². The minimum Gasteiger partial charge on any atom is -0.369 e. The molecule has 0 aromatic heterocycles. The first kappa shape index (κ1) is 13.0. The molecule has 1 aromatic carbocycles. The van der Waals surface area contributed by atoms with Crippen LogP contribution >= 0.6 is 27.7 Å². The maximum Gasteiger partial charge on any atom is 0.150 e. The third-order valence-electron chi connectivity index (χ3n) is 3.04. The highest BCUT2D eigenvalue weighted by Crippen LogP contribution is 2.31. The first-order valence-corrected chi connectivity index (χ1v) is 7.70. The van der Waals surface area contributed by atoms with Crippen LogP contribution < -0.4 is 4.90 Å². The summed E-state index contributed by atoms with van der Waals surface area (Å²) in [6.45, 7) is 4.42. The normalized spacial score (nSPS) is 20.4. The minimum absolute atomic E-state index is 0.721. The van der Waals surface area contributed by atoms with Crippen LogP contribution in [0.5, 0.6) is 0 Å². The summed E-state index contributed by atoms with van der Waals surface area (Å²) in [5.74, 6) is 1.18. The smallest absolute Gasteiger partial charge is 0.150 e. The fourth-order valence-corrected chi connectivity index (χ4v) is 3.87. The van der Waals surface area contributed by atoms with E-state index in [0.29, 0.717) is 0 Å². The summed E-state index contributed by atoms with van der Waals surface area (Å²) in [6.07, 6.45) is 2.10. The minimum atomic E-state index is 0.721. The number of nitrogens with zero attached hydrogens (tertiary/aromatic N) is 1. The number of rotatable bonds is 3. The molecule has 1 unspecified atom stereocenters. The average Bonchev–Trinajstić information content (AvgIpc) is 2.38. The summed E-state index contributed by atoms with van der Waals surface area (Å²) in [7, 11) is 0. The van der Waals surface area contributed by atoms with Gasteiger partial charge in [-0.25, -0.2) is 0 Å². The molecule has 0 bridgehead atoms. The molecule has 1 atom stereocenters. The van der Waals surface area contributed by atoms with E-state index >= 15 is 0 Å². The van der Waals surface area contributed by atoms with Crippen molar-refractivity contribution >= 4 is 39.7 Å². The summed E-state index contributed by atoms with van der Waals surface area (Å²) in [5.41, 5.74) is 1.92. The van der Waals surface area contributed by atoms with Crippen molar-refractivity contribution in [3.63, 3.8) is 0 Å². The van der Waals surface area contributed by atoms with Crippen LogP contribution in [0.3, 0.4) is 0 Å². The largest absolute Gasteiger partial charge is 0.369 e. The monoisotopic (exact) mass is 313 g/mol. The number of aldehydes is 1. The molecule has 1 saturated heterocycles. The van der Waals surface area contributed by atoms with Crippen LogP contribution in [0, 0.1) is 0 Å². The Hall–Kier alpha value is -0.480. The van der Waals surface area contributed by atoms with E-state index in [1.54, 1.807) is 0 Å². The fourth-order valence-electron chi connectivity index (χ4n) is 2.04. The van der Waals surface area contributed by atoms with Gasteiger partial charge in [0.25, 0.3) is 0 Å². The molecule has 0 radical (unpaired) electrons. The van der Waals surface area contributed by atoms with Gasteiger partial charge in [-0.1, -0.05) is 6.92 Å². The van der Waals surface area contributed by atoms with Gasteiger partial charge in [0.2, 0.25) is 0 Å². The van der Waals surface area contributed by atoms with Gasteiger partial charge in [-0.05, 0) is 40.5 Å². The Morgan fingerprint density at radius 1 is 1.59 bits per heavy atom. The van der Waals surface area contributed by atoms with Crippen LogP contribution in [0.25, 0.3) is 0 Å². The molecule has 0 spiro atoms. The quantitative estimate of drug-likeness (QED) is 0.795. The van der Waals surface area contributed by atoms with Crippen molar-refractivity contribution in [2.24, 2.45) is 0 Å². The predicted octanol–water partition coefficient (Wildman–Crippen LogP) is 3.59. The molecule has 0 amide bonds. The number of anilines is 1. The number of halogens is 1. The fraction of sp³-hybridized carbons (Fsp3) is 0.462. The zero-order chi connectivity index (χ0) is 12.3. The lowest BCUT2D eigenvalue weighted by molar-refractivity contribution is 0.112. The van der Waals surface area contributed by atoms with Crippen LogP contribution in [0.1, 0.15) is 23.7 Å². The molecule has 2 nitrogen and oxygen atoms in total. The molecule has 1 aromatic rings. The second-order valence-electron chi connectivity index (χ2n) is 4.18. The number of hydrogen-bond donors (Lipinski definition) is 0. The highest BCUT2D eigenvalue weighted by atomic mass is 79.9. The Morgan fingerprint density at radius 3 is 3.06 bits per heavy atom. The molecule has 17 heavy (non-hydrogen) atoms. The number of carbonyl (C=O) groups is 1. The van der Waals surface area contributed by atoms with Gasteiger partial charge in [0.15, 0.2) is 0 Å². The molecule has 92 valence electrons. The summed E-state index contributed by atoms with van der Waals surface area (Å²) in [5, 5.41) is 0.724. The van der Waals surface area contributed by atoms with Crippen LogP contribution in [-0.2, 0) is 0 Å². The molecule has 0 saturated carbocycles. The van der Waals surface area contributed by atoms with Gasteiger partial charge in [-0.15, -0.1) is 0 Å². The van der Waals surface area contributed by atoms with Crippen molar-refractivity contribution in [2.75, 3.05) is 23.7 Å². The standard InChI is InChI=1S/C13H16BrNOS/c1-2-11-8-15(5-6-17-11)13-4-3-10(9-16)7-12(13)14/h3-4,7,9,11H,2,5-6,8H2,1H3. The molecule has 0 aliphatic carbocycles. The zero-order valence-electron chi connectivity index (χ0n) is 9.86. The van der Waals surface area contributed by atoms with Crippen molar-refractivity contribution < 1.29 is 4.79 Å². The van der Waals surface area contributed by atoms with Gasteiger partial charge in [-0.3, -0.25) is 4.79 Å². The lowest BCUT2D eigenvalue weighted by Crippen LogP contribution is -2.37. The van der Waals surface area contributed by atoms with Crippen LogP contribution in [-0.4, -0.2) is 30.4 Å². The topological polar surface area (TPSA) is 20.3 Å². The second kappa shape index (κ2) is 5.91. The van der Waals surface area contributed by atoms with E-state index in [1.807, 2.05) is 18.2 Å². The maximum absolute atomic E-state index is 10.7. The second-order valence-corrected chi connectivity index (χ2v) is 6.44. The maximum atomic E-state index is 10.7. The average molecular weight is 314 g/mol. The third kappa shape index (κ3) is 3.05. The van der Waals surface area contributed by atoms with Crippen LogP contribution in [0.4, 0.5) is 5.69 Å². The lowest BCUT2D eigenvalue weighted by Gasteiger charge is -2.34. The Bertz CT molecular complexity index is 410. The number of hydrogen-bond acceptors (Lipinski definition) is 3. The molecule has 1 heterocycles. The molecular formula is C13H16BrNOS. The van der Waals surface area contributed by atoms with E-state index < -0.39 is 0 Å². The number of benzene rings is 1. The lowest BCUT2D eigenvalue weighted by atomic mass is 10.2. The predicted molar refractivity (Wildman–Crippen MR) is 78.3 cm³/mol. The summed E-state index contributed by atoms with van der Waals surface area (Å²) >= 11 is 5.62. The van der Waals surface area contributed by atoms with Gasteiger partial charge in [-0.2, -0.15) is 11.8 Å². The Morgan fingerprint density at radius 2 is 2.41 bits per heavy atom.